The molecular formula is C12H23NO. The smallest absolute Gasteiger partial charge is 0.0471 e. The van der Waals surface area contributed by atoms with Gasteiger partial charge in [-0.3, -0.25) is 0 Å². The highest BCUT2D eigenvalue weighted by atomic mass is 16.3. The molecule has 1 heterocycles. The Bertz CT molecular complexity index is 166. The Morgan fingerprint density at radius 3 is 2.50 bits per heavy atom. The molecule has 0 radical (unpaired) electrons. The van der Waals surface area contributed by atoms with Crippen LogP contribution in [0.4, 0.5) is 0 Å². The summed E-state index contributed by atoms with van der Waals surface area (Å²) in [4.78, 5) is 2.64. The minimum absolute atomic E-state index is 0.392. The minimum Gasteiger partial charge on any atom is -0.396 e. The van der Waals surface area contributed by atoms with Crippen molar-refractivity contribution >= 4 is 0 Å². The number of aliphatic hydroxyl groups excluding tert-OH is 1. The van der Waals surface area contributed by atoms with Crippen molar-refractivity contribution in [2.75, 3.05) is 19.7 Å². The van der Waals surface area contributed by atoms with Crippen molar-refractivity contribution in [1.29, 1.82) is 0 Å². The molecule has 1 unspecified atom stereocenters. The molecule has 1 saturated carbocycles. The lowest BCUT2D eigenvalue weighted by Gasteiger charge is -2.39. The molecule has 2 fully saturated rings. The van der Waals surface area contributed by atoms with Gasteiger partial charge in [0.15, 0.2) is 0 Å². The monoisotopic (exact) mass is 197 g/mol. The molecule has 1 saturated heterocycles. The first kappa shape index (κ1) is 10.4. The number of hydrogen-bond donors (Lipinski definition) is 1. The van der Waals surface area contributed by atoms with Crippen molar-refractivity contribution in [3.8, 4) is 0 Å². The van der Waals surface area contributed by atoms with E-state index in [1.807, 2.05) is 0 Å². The van der Waals surface area contributed by atoms with E-state index in [0.29, 0.717) is 12.5 Å². The fourth-order valence-electron chi connectivity index (χ4n) is 3.02. The zero-order chi connectivity index (χ0) is 9.80. The maximum atomic E-state index is 9.18. The molecule has 0 amide bonds. The molecule has 14 heavy (non-hydrogen) atoms. The average Bonchev–Trinajstić information content (AvgIpc) is 2.30. The van der Waals surface area contributed by atoms with E-state index in [1.165, 1.54) is 51.5 Å². The summed E-state index contributed by atoms with van der Waals surface area (Å²) in [7, 11) is 0. The maximum absolute atomic E-state index is 9.18. The highest BCUT2D eigenvalue weighted by Crippen LogP contribution is 2.26. The van der Waals surface area contributed by atoms with Crippen molar-refractivity contribution in [3.63, 3.8) is 0 Å². The molecule has 0 spiro atoms. The number of rotatable bonds is 2. The highest BCUT2D eigenvalue weighted by Gasteiger charge is 2.26. The SMILES string of the molecule is OCC1CCCN(C2CCCCC2)C1. The van der Waals surface area contributed by atoms with E-state index in [9.17, 15) is 5.11 Å². The average molecular weight is 197 g/mol. The van der Waals surface area contributed by atoms with Gasteiger partial charge in [0.2, 0.25) is 0 Å². The quantitative estimate of drug-likeness (QED) is 0.732. The van der Waals surface area contributed by atoms with Crippen molar-refractivity contribution in [1.82, 2.24) is 4.90 Å². The number of aliphatic hydroxyl groups is 1. The van der Waals surface area contributed by atoms with E-state index in [4.69, 9.17) is 0 Å². The van der Waals surface area contributed by atoms with Gasteiger partial charge in [-0.25, -0.2) is 0 Å². The fraction of sp³-hybridized carbons (Fsp3) is 1.00. The van der Waals surface area contributed by atoms with Crippen LogP contribution in [-0.4, -0.2) is 35.7 Å². The summed E-state index contributed by atoms with van der Waals surface area (Å²) in [5.74, 6) is 0.561. The molecule has 0 bridgehead atoms. The lowest BCUT2D eigenvalue weighted by atomic mass is 9.90. The number of likely N-dealkylation sites (tertiary alicyclic amines) is 1. The second-order valence-electron chi connectivity index (χ2n) is 4.98. The number of nitrogens with zero attached hydrogens (tertiary/aromatic N) is 1. The van der Waals surface area contributed by atoms with Gasteiger partial charge in [-0.15, -0.1) is 0 Å². The zero-order valence-electron chi connectivity index (χ0n) is 9.12. The molecule has 1 aliphatic carbocycles. The summed E-state index contributed by atoms with van der Waals surface area (Å²) in [6.45, 7) is 2.82. The van der Waals surface area contributed by atoms with Crippen LogP contribution < -0.4 is 0 Å². The second kappa shape index (κ2) is 5.13. The van der Waals surface area contributed by atoms with Gasteiger partial charge in [0, 0.05) is 19.2 Å². The Labute approximate surface area is 87.3 Å². The number of piperidine rings is 1. The third kappa shape index (κ3) is 2.48. The molecule has 82 valence electrons. The Hall–Kier alpha value is -0.0800. The van der Waals surface area contributed by atoms with E-state index in [2.05, 4.69) is 4.90 Å². The molecule has 0 aromatic heterocycles. The zero-order valence-corrected chi connectivity index (χ0v) is 9.12. The molecular weight excluding hydrogens is 174 g/mol. The van der Waals surface area contributed by atoms with E-state index in [0.717, 1.165) is 12.6 Å². The Kier molecular flexibility index (Phi) is 3.82. The lowest BCUT2D eigenvalue weighted by molar-refractivity contribution is 0.0723. The topological polar surface area (TPSA) is 23.5 Å². The van der Waals surface area contributed by atoms with Crippen LogP contribution >= 0.6 is 0 Å². The van der Waals surface area contributed by atoms with Gasteiger partial charge in [-0.2, -0.15) is 0 Å². The third-order valence-corrected chi connectivity index (χ3v) is 3.90. The summed E-state index contributed by atoms with van der Waals surface area (Å²) >= 11 is 0. The van der Waals surface area contributed by atoms with Crippen LogP contribution in [0.5, 0.6) is 0 Å². The molecule has 2 aliphatic rings. The van der Waals surface area contributed by atoms with Crippen LogP contribution in [0, 0.1) is 5.92 Å². The molecule has 2 rings (SSSR count). The molecule has 2 heteroatoms. The number of hydrogen-bond acceptors (Lipinski definition) is 2. The van der Waals surface area contributed by atoms with Gasteiger partial charge < -0.3 is 10.0 Å². The van der Waals surface area contributed by atoms with Crippen molar-refractivity contribution in [2.45, 2.75) is 51.0 Å². The summed E-state index contributed by atoms with van der Waals surface area (Å²) in [5.41, 5.74) is 0. The first-order chi connectivity index (χ1) is 6.90. The summed E-state index contributed by atoms with van der Waals surface area (Å²) in [6, 6.07) is 0.845. The first-order valence-electron chi connectivity index (χ1n) is 6.25. The molecule has 0 aromatic rings. The van der Waals surface area contributed by atoms with Crippen molar-refractivity contribution < 1.29 is 5.11 Å². The normalized spacial score (nSPS) is 31.9. The van der Waals surface area contributed by atoms with Gasteiger partial charge in [-0.1, -0.05) is 19.3 Å². The van der Waals surface area contributed by atoms with E-state index in [1.54, 1.807) is 0 Å². The fourth-order valence-corrected chi connectivity index (χ4v) is 3.02. The van der Waals surface area contributed by atoms with Crippen LogP contribution in [0.25, 0.3) is 0 Å². The maximum Gasteiger partial charge on any atom is 0.0471 e. The van der Waals surface area contributed by atoms with E-state index in [-0.39, 0.29) is 0 Å². The van der Waals surface area contributed by atoms with Gasteiger partial charge in [0.1, 0.15) is 0 Å². The highest BCUT2D eigenvalue weighted by molar-refractivity contribution is 4.81. The van der Waals surface area contributed by atoms with Gasteiger partial charge in [0.05, 0.1) is 0 Å². The molecule has 1 aliphatic heterocycles. The van der Waals surface area contributed by atoms with Crippen LogP contribution in [0.3, 0.4) is 0 Å². The summed E-state index contributed by atoms with van der Waals surface area (Å²) in [5, 5.41) is 9.18. The molecule has 2 nitrogen and oxygen atoms in total. The van der Waals surface area contributed by atoms with Gasteiger partial charge >= 0.3 is 0 Å². The van der Waals surface area contributed by atoms with Crippen LogP contribution in [0.15, 0.2) is 0 Å². The van der Waals surface area contributed by atoms with Gasteiger partial charge in [-0.05, 0) is 38.1 Å². The minimum atomic E-state index is 0.392. The summed E-state index contributed by atoms with van der Waals surface area (Å²) in [6.07, 6.45) is 9.61. The Morgan fingerprint density at radius 1 is 1.00 bits per heavy atom. The molecule has 1 atom stereocenters. The first-order valence-corrected chi connectivity index (χ1v) is 6.25. The third-order valence-electron chi connectivity index (χ3n) is 3.90. The van der Waals surface area contributed by atoms with Crippen molar-refractivity contribution in [3.05, 3.63) is 0 Å². The van der Waals surface area contributed by atoms with Crippen molar-refractivity contribution in [2.24, 2.45) is 5.92 Å². The van der Waals surface area contributed by atoms with Crippen LogP contribution in [0.2, 0.25) is 0 Å². The van der Waals surface area contributed by atoms with Gasteiger partial charge in [0.25, 0.3) is 0 Å². The van der Waals surface area contributed by atoms with Crippen LogP contribution in [-0.2, 0) is 0 Å². The second-order valence-corrected chi connectivity index (χ2v) is 4.98. The predicted molar refractivity (Wildman–Crippen MR) is 58.3 cm³/mol. The largest absolute Gasteiger partial charge is 0.396 e. The Balaban J connectivity index is 1.83. The molecule has 1 N–H and O–H groups in total. The molecule has 0 aromatic carbocycles. The predicted octanol–water partition coefficient (Wildman–Crippen LogP) is 2.02. The van der Waals surface area contributed by atoms with Crippen LogP contribution in [0.1, 0.15) is 44.9 Å². The lowest BCUT2D eigenvalue weighted by Crippen LogP contribution is -2.44. The standard InChI is InChI=1S/C12H23NO/c14-10-11-5-4-8-13(9-11)12-6-2-1-3-7-12/h11-12,14H,1-10H2. The summed E-state index contributed by atoms with van der Waals surface area (Å²) < 4.78 is 0. The van der Waals surface area contributed by atoms with E-state index < -0.39 is 0 Å². The van der Waals surface area contributed by atoms with E-state index >= 15 is 0 Å². The Morgan fingerprint density at radius 2 is 1.79 bits per heavy atom.